The first-order valence-corrected chi connectivity index (χ1v) is 9.65. The maximum Gasteiger partial charge on any atom is 0.308 e. The van der Waals surface area contributed by atoms with Gasteiger partial charge in [0.05, 0.1) is 6.10 Å². The van der Waals surface area contributed by atoms with Crippen molar-refractivity contribution >= 4 is 5.97 Å². The molecule has 0 aliphatic carbocycles. The third-order valence-corrected chi connectivity index (χ3v) is 4.92. The first-order valence-electron chi connectivity index (χ1n) is 9.65. The Morgan fingerprint density at radius 2 is 1.82 bits per heavy atom. The van der Waals surface area contributed by atoms with Crippen LogP contribution < -0.4 is 14.2 Å². The highest BCUT2D eigenvalue weighted by molar-refractivity contribution is 5.69. The molecule has 0 spiro atoms. The minimum absolute atomic E-state index is 0.273. The van der Waals surface area contributed by atoms with Gasteiger partial charge in [0.1, 0.15) is 5.75 Å². The van der Waals surface area contributed by atoms with Gasteiger partial charge in [-0.25, -0.2) is 0 Å². The first kappa shape index (κ1) is 18.8. The molecule has 1 fully saturated rings. The lowest BCUT2D eigenvalue weighted by atomic mass is 10.1. The predicted molar refractivity (Wildman–Crippen MR) is 103 cm³/mol. The number of esters is 1. The van der Waals surface area contributed by atoms with E-state index < -0.39 is 0 Å². The molecule has 4 rings (SSSR count). The second kappa shape index (κ2) is 8.63. The van der Waals surface area contributed by atoms with Gasteiger partial charge in [0.2, 0.25) is 6.79 Å². The van der Waals surface area contributed by atoms with Crippen LogP contribution in [0.5, 0.6) is 17.2 Å². The van der Waals surface area contributed by atoms with Crippen LogP contribution in [0.15, 0.2) is 42.5 Å². The fourth-order valence-electron chi connectivity index (χ4n) is 3.65. The van der Waals surface area contributed by atoms with Crippen molar-refractivity contribution < 1.29 is 23.7 Å². The van der Waals surface area contributed by atoms with Gasteiger partial charge in [-0.2, -0.15) is 0 Å². The van der Waals surface area contributed by atoms with Crippen molar-refractivity contribution in [2.24, 2.45) is 0 Å². The monoisotopic (exact) mass is 383 g/mol. The van der Waals surface area contributed by atoms with E-state index in [-0.39, 0.29) is 18.9 Å². The van der Waals surface area contributed by atoms with Crippen molar-refractivity contribution in [3.05, 3.63) is 53.6 Å². The Bertz CT molecular complexity index is 814. The fraction of sp³-hybridized carbons (Fsp3) is 0.409. The highest BCUT2D eigenvalue weighted by Crippen LogP contribution is 2.33. The van der Waals surface area contributed by atoms with E-state index in [0.717, 1.165) is 56.1 Å². The number of benzene rings is 2. The summed E-state index contributed by atoms with van der Waals surface area (Å²) in [6.07, 6.45) is 2.50. The Hall–Kier alpha value is -2.57. The Kier molecular flexibility index (Phi) is 5.78. The average Bonchev–Trinajstić information content (AvgIpc) is 3.34. The summed E-state index contributed by atoms with van der Waals surface area (Å²) in [5.41, 5.74) is 2.34. The second-order valence-electron chi connectivity index (χ2n) is 7.23. The number of nitrogens with zero attached hydrogens (tertiary/aromatic N) is 1. The van der Waals surface area contributed by atoms with Crippen LogP contribution in [-0.4, -0.2) is 36.9 Å². The highest BCUT2D eigenvalue weighted by Gasteiger charge is 2.21. The molecule has 0 bridgehead atoms. The van der Waals surface area contributed by atoms with Crippen molar-refractivity contribution in [1.82, 2.24) is 4.90 Å². The molecule has 2 aliphatic heterocycles. The zero-order valence-corrected chi connectivity index (χ0v) is 16.1. The maximum atomic E-state index is 11.1. The molecule has 2 aromatic carbocycles. The van der Waals surface area contributed by atoms with Gasteiger partial charge in [-0.1, -0.05) is 18.2 Å². The van der Waals surface area contributed by atoms with Gasteiger partial charge in [0, 0.05) is 33.2 Å². The van der Waals surface area contributed by atoms with Gasteiger partial charge >= 0.3 is 5.97 Å². The number of ether oxygens (including phenoxy) is 4. The smallest absolute Gasteiger partial charge is 0.308 e. The minimum Gasteiger partial charge on any atom is -0.454 e. The lowest BCUT2D eigenvalue weighted by Gasteiger charge is -2.25. The highest BCUT2D eigenvalue weighted by atomic mass is 16.7. The molecule has 148 valence electrons. The molecule has 0 aromatic heterocycles. The van der Waals surface area contributed by atoms with E-state index in [1.54, 1.807) is 0 Å². The van der Waals surface area contributed by atoms with Crippen LogP contribution in [0.3, 0.4) is 0 Å². The van der Waals surface area contributed by atoms with Crippen molar-refractivity contribution in [1.29, 1.82) is 0 Å². The van der Waals surface area contributed by atoms with E-state index in [1.807, 2.05) is 30.3 Å². The van der Waals surface area contributed by atoms with Crippen LogP contribution in [0.4, 0.5) is 0 Å². The molecule has 6 heteroatoms. The number of carbonyl (C=O) groups is 1. The molecule has 2 aliphatic rings. The van der Waals surface area contributed by atoms with E-state index in [2.05, 4.69) is 17.0 Å². The molecular weight excluding hydrogens is 358 g/mol. The molecule has 28 heavy (non-hydrogen) atoms. The number of rotatable bonds is 7. The molecular formula is C22H25NO5. The van der Waals surface area contributed by atoms with Crippen LogP contribution >= 0.6 is 0 Å². The van der Waals surface area contributed by atoms with Crippen molar-refractivity contribution in [2.45, 2.75) is 39.0 Å². The zero-order chi connectivity index (χ0) is 19.3. The van der Waals surface area contributed by atoms with Crippen molar-refractivity contribution in [3.8, 4) is 17.2 Å². The van der Waals surface area contributed by atoms with E-state index in [1.165, 1.54) is 12.5 Å². The summed E-state index contributed by atoms with van der Waals surface area (Å²) in [5.74, 6) is 1.86. The predicted octanol–water partition coefficient (Wildman–Crippen LogP) is 3.52. The molecule has 1 saturated heterocycles. The van der Waals surface area contributed by atoms with Gasteiger partial charge in [-0.15, -0.1) is 0 Å². The lowest BCUT2D eigenvalue weighted by molar-refractivity contribution is -0.131. The van der Waals surface area contributed by atoms with E-state index in [0.29, 0.717) is 5.75 Å². The SMILES string of the molecule is CC(=O)Oc1ccc(CN(Cc2ccc3c(c2)OCO3)CC2CCCO2)cc1. The fourth-order valence-corrected chi connectivity index (χ4v) is 3.65. The van der Waals surface area contributed by atoms with Gasteiger partial charge in [0.25, 0.3) is 0 Å². The van der Waals surface area contributed by atoms with Crippen molar-refractivity contribution in [3.63, 3.8) is 0 Å². The van der Waals surface area contributed by atoms with Gasteiger partial charge < -0.3 is 18.9 Å². The minimum atomic E-state index is -0.310. The Morgan fingerprint density at radius 1 is 1.07 bits per heavy atom. The average molecular weight is 383 g/mol. The first-order chi connectivity index (χ1) is 13.7. The molecule has 1 atom stereocenters. The van der Waals surface area contributed by atoms with E-state index in [4.69, 9.17) is 18.9 Å². The van der Waals surface area contributed by atoms with Crippen molar-refractivity contribution in [2.75, 3.05) is 19.9 Å². The van der Waals surface area contributed by atoms with Crippen LogP contribution in [0.25, 0.3) is 0 Å². The number of fused-ring (bicyclic) bond motifs is 1. The van der Waals surface area contributed by atoms with Crippen LogP contribution in [-0.2, 0) is 22.6 Å². The Labute approximate surface area is 165 Å². The molecule has 0 radical (unpaired) electrons. The molecule has 0 amide bonds. The van der Waals surface area contributed by atoms with E-state index in [9.17, 15) is 4.79 Å². The molecule has 1 unspecified atom stereocenters. The molecule has 0 N–H and O–H groups in total. The largest absolute Gasteiger partial charge is 0.454 e. The van der Waals surface area contributed by atoms with E-state index >= 15 is 0 Å². The topological polar surface area (TPSA) is 57.2 Å². The summed E-state index contributed by atoms with van der Waals surface area (Å²) < 4.78 is 21.9. The second-order valence-corrected chi connectivity index (χ2v) is 7.23. The molecule has 2 heterocycles. The van der Waals surface area contributed by atoms with Gasteiger partial charge in [-0.3, -0.25) is 9.69 Å². The number of hydrogen-bond donors (Lipinski definition) is 0. The molecule has 2 aromatic rings. The molecule has 6 nitrogen and oxygen atoms in total. The lowest BCUT2D eigenvalue weighted by Crippen LogP contribution is -2.31. The summed E-state index contributed by atoms with van der Waals surface area (Å²) >= 11 is 0. The van der Waals surface area contributed by atoms with Gasteiger partial charge in [0.15, 0.2) is 11.5 Å². The Morgan fingerprint density at radius 3 is 2.57 bits per heavy atom. The number of hydrogen-bond acceptors (Lipinski definition) is 6. The summed E-state index contributed by atoms with van der Waals surface area (Å²) in [6.45, 7) is 4.99. The summed E-state index contributed by atoms with van der Waals surface area (Å²) in [6, 6.07) is 13.8. The maximum absolute atomic E-state index is 11.1. The summed E-state index contributed by atoms with van der Waals surface area (Å²) in [5, 5.41) is 0. The zero-order valence-electron chi connectivity index (χ0n) is 16.1. The summed E-state index contributed by atoms with van der Waals surface area (Å²) in [7, 11) is 0. The molecule has 0 saturated carbocycles. The normalized spacial score (nSPS) is 17.9. The standard InChI is InChI=1S/C22H25NO5/c1-16(24)28-19-7-4-17(5-8-19)12-23(14-20-3-2-10-25-20)13-18-6-9-21-22(11-18)27-15-26-21/h4-9,11,20H,2-3,10,12-15H2,1H3. The van der Waals surface area contributed by atoms with Crippen LogP contribution in [0, 0.1) is 0 Å². The third-order valence-electron chi connectivity index (χ3n) is 4.92. The third kappa shape index (κ3) is 4.82. The van der Waals surface area contributed by atoms with Crippen LogP contribution in [0.1, 0.15) is 30.9 Å². The van der Waals surface area contributed by atoms with Gasteiger partial charge in [-0.05, 0) is 48.2 Å². The number of carbonyl (C=O) groups excluding carboxylic acids is 1. The Balaban J connectivity index is 1.46. The van der Waals surface area contributed by atoms with Crippen LogP contribution in [0.2, 0.25) is 0 Å². The quantitative estimate of drug-likeness (QED) is 0.539. The summed E-state index contributed by atoms with van der Waals surface area (Å²) in [4.78, 5) is 13.5.